The number of hydrogen-bond acceptors (Lipinski definition) is 8. The van der Waals surface area contributed by atoms with Crippen LogP contribution >= 0.6 is 24.0 Å². The summed E-state index contributed by atoms with van der Waals surface area (Å²) in [6.45, 7) is 3.82. The quantitative estimate of drug-likeness (QED) is 0.284. The number of piperidine rings is 1. The first-order valence-electron chi connectivity index (χ1n) is 13.9. The van der Waals surface area contributed by atoms with E-state index in [1.165, 1.54) is 17.3 Å². The van der Waals surface area contributed by atoms with Gasteiger partial charge in [-0.25, -0.2) is 0 Å². The van der Waals surface area contributed by atoms with E-state index in [2.05, 4.69) is 35.2 Å². The molecule has 1 amide bonds. The van der Waals surface area contributed by atoms with Gasteiger partial charge in [-0.15, -0.1) is 0 Å². The first kappa shape index (κ1) is 28.1. The highest BCUT2D eigenvalue weighted by Gasteiger charge is 2.34. The zero-order chi connectivity index (χ0) is 29.4. The molecule has 0 saturated carbocycles. The molecule has 0 radical (unpaired) electrons. The number of pyridine rings is 1. The van der Waals surface area contributed by atoms with Crippen LogP contribution in [0, 0.1) is 24.2 Å². The Kier molecular flexibility index (Phi) is 7.80. The maximum Gasteiger partial charge on any atom is 0.270 e. The minimum absolute atomic E-state index is 0.0855. The van der Waals surface area contributed by atoms with E-state index in [1.807, 2.05) is 24.3 Å². The van der Waals surface area contributed by atoms with Gasteiger partial charge in [-0.2, -0.15) is 5.26 Å². The minimum atomic E-state index is -0.330. The smallest absolute Gasteiger partial charge is 0.270 e. The molecule has 0 spiro atoms. The first-order valence-corrected chi connectivity index (χ1v) is 15.1. The average Bonchev–Trinajstić information content (AvgIpc) is 3.57. The third-order valence-corrected chi connectivity index (χ3v) is 9.55. The lowest BCUT2D eigenvalue weighted by atomic mass is 9.90. The number of ether oxygens (including phenoxy) is 2. The number of carbonyl (C=O) groups is 1. The van der Waals surface area contributed by atoms with Crippen molar-refractivity contribution in [3.05, 3.63) is 91.6 Å². The number of nitrogens with zero attached hydrogens (tertiary/aromatic N) is 4. The van der Waals surface area contributed by atoms with Gasteiger partial charge in [0, 0.05) is 25.7 Å². The summed E-state index contributed by atoms with van der Waals surface area (Å²) >= 11 is 6.85. The first-order chi connectivity index (χ1) is 20.3. The maximum absolute atomic E-state index is 13.6. The van der Waals surface area contributed by atoms with Crippen molar-refractivity contribution in [1.29, 1.82) is 5.26 Å². The number of rotatable bonds is 6. The Labute approximate surface area is 254 Å². The molecule has 42 heavy (non-hydrogen) atoms. The van der Waals surface area contributed by atoms with Gasteiger partial charge in [0.15, 0.2) is 11.5 Å². The van der Waals surface area contributed by atoms with E-state index >= 15 is 0 Å². The van der Waals surface area contributed by atoms with Crippen LogP contribution in [0.3, 0.4) is 0 Å². The van der Waals surface area contributed by atoms with Crippen LogP contribution in [0.25, 0.3) is 6.08 Å². The number of carbonyl (C=O) groups excluding carboxylic acids is 1. The van der Waals surface area contributed by atoms with Crippen molar-refractivity contribution < 1.29 is 14.3 Å². The molecule has 2 saturated heterocycles. The van der Waals surface area contributed by atoms with Gasteiger partial charge in [0.2, 0.25) is 6.79 Å². The van der Waals surface area contributed by atoms with Crippen LogP contribution < -0.4 is 19.9 Å². The Morgan fingerprint density at radius 1 is 1.07 bits per heavy atom. The molecule has 4 heterocycles. The van der Waals surface area contributed by atoms with Crippen molar-refractivity contribution >= 4 is 46.1 Å². The highest BCUT2D eigenvalue weighted by molar-refractivity contribution is 8.26. The van der Waals surface area contributed by atoms with E-state index in [9.17, 15) is 14.9 Å². The van der Waals surface area contributed by atoms with Gasteiger partial charge in [-0.1, -0.05) is 60.4 Å². The van der Waals surface area contributed by atoms with Gasteiger partial charge in [-0.05, 0) is 67.0 Å². The van der Waals surface area contributed by atoms with Crippen LogP contribution in [0.15, 0.2) is 58.2 Å². The Hall–Kier alpha value is -4.07. The molecule has 0 atom stereocenters. The number of thiocarbonyl (C=S) groups is 1. The molecule has 10 heteroatoms. The zero-order valence-corrected chi connectivity index (χ0v) is 25.1. The van der Waals surface area contributed by atoms with Crippen molar-refractivity contribution in [2.75, 3.05) is 24.8 Å². The Morgan fingerprint density at radius 3 is 2.55 bits per heavy atom. The summed E-state index contributed by atoms with van der Waals surface area (Å²) in [5.41, 5.74) is 3.25. The molecule has 0 unspecified atom stereocenters. The van der Waals surface area contributed by atoms with Gasteiger partial charge in [0.1, 0.15) is 21.8 Å². The predicted octanol–water partition coefficient (Wildman–Crippen LogP) is 5.15. The molecule has 2 fully saturated rings. The van der Waals surface area contributed by atoms with Gasteiger partial charge in [0.05, 0.1) is 11.4 Å². The summed E-state index contributed by atoms with van der Waals surface area (Å²) < 4.78 is 12.9. The molecule has 1 aromatic heterocycles. The molecular formula is C32H30N4O4S2. The second kappa shape index (κ2) is 11.7. The number of benzene rings is 2. The summed E-state index contributed by atoms with van der Waals surface area (Å²) in [4.78, 5) is 31.1. The van der Waals surface area contributed by atoms with Crippen LogP contribution in [0.2, 0.25) is 0 Å². The monoisotopic (exact) mass is 598 g/mol. The van der Waals surface area contributed by atoms with Crippen LogP contribution in [-0.4, -0.2) is 39.6 Å². The lowest BCUT2D eigenvalue weighted by Crippen LogP contribution is -2.39. The van der Waals surface area contributed by atoms with E-state index in [4.69, 9.17) is 21.7 Å². The summed E-state index contributed by atoms with van der Waals surface area (Å²) in [6.07, 6.45) is 4.80. The van der Waals surface area contributed by atoms with E-state index in [0.29, 0.717) is 44.3 Å². The molecule has 0 aliphatic carbocycles. The maximum atomic E-state index is 13.6. The average molecular weight is 599 g/mol. The highest BCUT2D eigenvalue weighted by Crippen LogP contribution is 2.38. The lowest BCUT2D eigenvalue weighted by Gasteiger charge is -2.36. The topological polar surface area (TPSA) is 87.8 Å². The SMILES string of the molecule is Cc1c(/C=C2/SC(=S)N(Cc3ccc4c(c3)OCO4)C2=O)c(N2CCC(Cc3ccccc3)CC2)n(C)c(=O)c1C#N. The standard InChI is InChI=1S/C32H30N4O4S2/c1-20-24(16-28-31(38)36(32(41)42-28)18-23-8-9-26-27(15-23)40-19-39-26)29(34(2)30(37)25(20)17-33)35-12-10-22(11-13-35)14-21-6-4-3-5-7-21/h3-9,15-16,22H,10-14,18-19H2,1-2H3/b28-16+. The largest absolute Gasteiger partial charge is 0.454 e. The number of aromatic nitrogens is 1. The summed E-state index contributed by atoms with van der Waals surface area (Å²) in [5.74, 6) is 2.41. The molecule has 6 rings (SSSR count). The summed E-state index contributed by atoms with van der Waals surface area (Å²) in [6, 6.07) is 18.2. The van der Waals surface area contributed by atoms with E-state index in [-0.39, 0.29) is 23.8 Å². The van der Waals surface area contributed by atoms with Crippen molar-refractivity contribution in [3.8, 4) is 17.6 Å². The second-order valence-electron chi connectivity index (χ2n) is 10.8. The summed E-state index contributed by atoms with van der Waals surface area (Å²) in [7, 11) is 1.70. The number of hydrogen-bond donors (Lipinski definition) is 0. The molecule has 214 valence electrons. The molecule has 2 aromatic carbocycles. The van der Waals surface area contributed by atoms with Gasteiger partial charge < -0.3 is 14.4 Å². The van der Waals surface area contributed by atoms with Crippen LogP contribution in [0.1, 0.15) is 40.7 Å². The highest BCUT2D eigenvalue weighted by atomic mass is 32.2. The molecule has 3 aromatic rings. The summed E-state index contributed by atoms with van der Waals surface area (Å²) in [5, 5.41) is 9.83. The fourth-order valence-corrected chi connectivity index (χ4v) is 7.12. The number of anilines is 1. The molecule has 8 nitrogen and oxygen atoms in total. The Bertz CT molecular complexity index is 1700. The van der Waals surface area contributed by atoms with Crippen LogP contribution in [0.4, 0.5) is 5.82 Å². The van der Waals surface area contributed by atoms with Crippen molar-refractivity contribution in [2.24, 2.45) is 13.0 Å². The molecule has 3 aliphatic rings. The second-order valence-corrected chi connectivity index (χ2v) is 12.5. The third-order valence-electron chi connectivity index (χ3n) is 8.18. The number of amides is 1. The minimum Gasteiger partial charge on any atom is -0.454 e. The molecule has 3 aliphatic heterocycles. The van der Waals surface area contributed by atoms with Crippen LogP contribution in [-0.2, 0) is 24.8 Å². The van der Waals surface area contributed by atoms with Gasteiger partial charge in [-0.3, -0.25) is 19.1 Å². The van der Waals surface area contributed by atoms with E-state index in [0.717, 1.165) is 43.7 Å². The predicted molar refractivity (Wildman–Crippen MR) is 167 cm³/mol. The van der Waals surface area contributed by atoms with Crippen molar-refractivity contribution in [3.63, 3.8) is 0 Å². The Balaban J connectivity index is 1.28. The number of fused-ring (bicyclic) bond motifs is 1. The number of thioether (sulfide) groups is 1. The molecular weight excluding hydrogens is 569 g/mol. The van der Waals surface area contributed by atoms with Crippen LogP contribution in [0.5, 0.6) is 11.5 Å². The Morgan fingerprint density at radius 2 is 1.81 bits per heavy atom. The molecule has 0 N–H and O–H groups in total. The van der Waals surface area contributed by atoms with Crippen molar-refractivity contribution in [2.45, 2.75) is 32.7 Å². The number of nitriles is 1. The van der Waals surface area contributed by atoms with Crippen molar-refractivity contribution in [1.82, 2.24) is 9.47 Å². The lowest BCUT2D eigenvalue weighted by molar-refractivity contribution is -0.122. The van der Waals surface area contributed by atoms with Gasteiger partial charge >= 0.3 is 0 Å². The third kappa shape index (κ3) is 5.30. The van der Waals surface area contributed by atoms with E-state index < -0.39 is 0 Å². The fraction of sp³-hybridized carbons (Fsp3) is 0.312. The normalized spacial score (nSPS) is 17.8. The molecule has 0 bridgehead atoms. The van der Waals surface area contributed by atoms with Gasteiger partial charge in [0.25, 0.3) is 11.5 Å². The van der Waals surface area contributed by atoms with E-state index in [1.54, 1.807) is 29.5 Å². The fourth-order valence-electron chi connectivity index (χ4n) is 5.88. The zero-order valence-electron chi connectivity index (χ0n) is 23.5.